The quantitative estimate of drug-likeness (QED) is 0.740. The summed E-state index contributed by atoms with van der Waals surface area (Å²) in [4.78, 5) is 13.8. The third-order valence-electron chi connectivity index (χ3n) is 3.46. The molecule has 2 atom stereocenters. The predicted octanol–water partition coefficient (Wildman–Crippen LogP) is 1.39. The minimum Gasteiger partial charge on any atom is -0.465 e. The molecule has 1 rings (SSSR count). The molecule has 0 aromatic heterocycles. The van der Waals surface area contributed by atoms with Crippen LogP contribution in [0.25, 0.3) is 0 Å². The Labute approximate surface area is 104 Å². The van der Waals surface area contributed by atoms with Crippen molar-refractivity contribution in [3.8, 4) is 0 Å². The van der Waals surface area contributed by atoms with E-state index in [1.165, 1.54) is 19.3 Å². The van der Waals surface area contributed by atoms with Crippen LogP contribution in [0.3, 0.4) is 0 Å². The first kappa shape index (κ1) is 14.5. The van der Waals surface area contributed by atoms with Crippen LogP contribution in [0.1, 0.15) is 39.5 Å². The summed E-state index contributed by atoms with van der Waals surface area (Å²) in [5, 5.41) is 0. The van der Waals surface area contributed by atoms with Crippen LogP contribution < -0.4 is 5.73 Å². The van der Waals surface area contributed by atoms with Crippen molar-refractivity contribution in [1.29, 1.82) is 0 Å². The Balaban J connectivity index is 2.22. The fourth-order valence-corrected chi connectivity index (χ4v) is 2.23. The summed E-state index contributed by atoms with van der Waals surface area (Å²) >= 11 is 0. The second kappa shape index (κ2) is 7.67. The molecule has 2 N–H and O–H groups in total. The van der Waals surface area contributed by atoms with Gasteiger partial charge in [0.05, 0.1) is 6.61 Å². The second-order valence-electron chi connectivity index (χ2n) is 5.02. The van der Waals surface area contributed by atoms with Gasteiger partial charge in [0.2, 0.25) is 0 Å². The molecule has 0 amide bonds. The van der Waals surface area contributed by atoms with Crippen LogP contribution in [0.2, 0.25) is 0 Å². The maximum atomic E-state index is 11.4. The molecule has 17 heavy (non-hydrogen) atoms. The molecule has 1 heterocycles. The standard InChI is InChI=1S/C13H26N2O2/c1-3-17-13(16)12(14)7-10-15-8-4-5-11(2)6-9-15/h11-12H,3-10,14H2,1-2H3. The molecule has 100 valence electrons. The Morgan fingerprint density at radius 3 is 2.94 bits per heavy atom. The molecule has 2 unspecified atom stereocenters. The number of nitrogens with zero attached hydrogens (tertiary/aromatic N) is 1. The lowest BCUT2D eigenvalue weighted by molar-refractivity contribution is -0.144. The molecule has 0 saturated carbocycles. The van der Waals surface area contributed by atoms with E-state index in [1.807, 2.05) is 0 Å². The number of ether oxygens (including phenoxy) is 1. The second-order valence-corrected chi connectivity index (χ2v) is 5.02. The highest BCUT2D eigenvalue weighted by Gasteiger charge is 2.18. The van der Waals surface area contributed by atoms with E-state index in [4.69, 9.17) is 10.5 Å². The van der Waals surface area contributed by atoms with E-state index in [9.17, 15) is 4.79 Å². The first-order valence-electron chi connectivity index (χ1n) is 6.78. The zero-order valence-electron chi connectivity index (χ0n) is 11.2. The van der Waals surface area contributed by atoms with Crippen molar-refractivity contribution < 1.29 is 9.53 Å². The fraction of sp³-hybridized carbons (Fsp3) is 0.923. The largest absolute Gasteiger partial charge is 0.465 e. The average Bonchev–Trinajstić information content (AvgIpc) is 2.51. The first-order valence-corrected chi connectivity index (χ1v) is 6.78. The SMILES string of the molecule is CCOC(=O)C(N)CCN1CCCC(C)CC1. The summed E-state index contributed by atoms with van der Waals surface area (Å²) in [6.45, 7) is 7.71. The van der Waals surface area contributed by atoms with Gasteiger partial charge < -0.3 is 15.4 Å². The Bertz CT molecular complexity index is 233. The summed E-state index contributed by atoms with van der Waals surface area (Å²) in [7, 11) is 0. The van der Waals surface area contributed by atoms with Crippen LogP contribution in [0, 0.1) is 5.92 Å². The van der Waals surface area contributed by atoms with Gasteiger partial charge in [-0.1, -0.05) is 6.92 Å². The molecule has 0 aliphatic carbocycles. The summed E-state index contributed by atoms with van der Waals surface area (Å²) in [6, 6.07) is -0.462. The zero-order valence-corrected chi connectivity index (χ0v) is 11.2. The van der Waals surface area contributed by atoms with Crippen LogP contribution in [0.15, 0.2) is 0 Å². The number of rotatable bonds is 5. The molecule has 0 aromatic carbocycles. The van der Waals surface area contributed by atoms with E-state index < -0.39 is 6.04 Å². The lowest BCUT2D eigenvalue weighted by Crippen LogP contribution is -2.37. The Hall–Kier alpha value is -0.610. The molecule has 1 aliphatic rings. The van der Waals surface area contributed by atoms with Gasteiger partial charge in [0.25, 0.3) is 0 Å². The highest BCUT2D eigenvalue weighted by Crippen LogP contribution is 2.16. The summed E-state index contributed by atoms with van der Waals surface area (Å²) < 4.78 is 4.90. The van der Waals surface area contributed by atoms with Crippen LogP contribution in [-0.4, -0.2) is 43.2 Å². The summed E-state index contributed by atoms with van der Waals surface area (Å²) in [6.07, 6.45) is 4.54. The van der Waals surface area contributed by atoms with E-state index in [0.717, 1.165) is 25.6 Å². The number of hydrogen-bond acceptors (Lipinski definition) is 4. The third kappa shape index (κ3) is 5.50. The predicted molar refractivity (Wildman–Crippen MR) is 68.7 cm³/mol. The van der Waals surface area contributed by atoms with Gasteiger partial charge in [0.1, 0.15) is 6.04 Å². The van der Waals surface area contributed by atoms with E-state index in [2.05, 4.69) is 11.8 Å². The van der Waals surface area contributed by atoms with Crippen LogP contribution in [0.4, 0.5) is 0 Å². The van der Waals surface area contributed by atoms with Crippen molar-refractivity contribution in [1.82, 2.24) is 4.90 Å². The number of carbonyl (C=O) groups is 1. The highest BCUT2D eigenvalue weighted by molar-refractivity contribution is 5.75. The molecular formula is C13H26N2O2. The first-order chi connectivity index (χ1) is 8.13. The van der Waals surface area contributed by atoms with Gasteiger partial charge in [-0.15, -0.1) is 0 Å². The molecule has 0 aromatic rings. The van der Waals surface area contributed by atoms with Crippen LogP contribution >= 0.6 is 0 Å². The third-order valence-corrected chi connectivity index (χ3v) is 3.46. The molecule has 0 radical (unpaired) electrons. The number of carbonyl (C=O) groups excluding carboxylic acids is 1. The van der Waals surface area contributed by atoms with E-state index in [0.29, 0.717) is 13.0 Å². The maximum Gasteiger partial charge on any atom is 0.322 e. The van der Waals surface area contributed by atoms with Gasteiger partial charge in [0, 0.05) is 6.54 Å². The molecule has 1 aliphatic heterocycles. The van der Waals surface area contributed by atoms with Crippen molar-refractivity contribution >= 4 is 5.97 Å². The van der Waals surface area contributed by atoms with Crippen LogP contribution in [0.5, 0.6) is 0 Å². The van der Waals surface area contributed by atoms with Gasteiger partial charge in [-0.05, 0) is 51.6 Å². The fourth-order valence-electron chi connectivity index (χ4n) is 2.23. The summed E-state index contributed by atoms with van der Waals surface area (Å²) in [5.74, 6) is 0.564. The molecular weight excluding hydrogens is 216 g/mol. The minimum absolute atomic E-state index is 0.268. The van der Waals surface area contributed by atoms with Crippen molar-refractivity contribution in [2.45, 2.75) is 45.6 Å². The van der Waals surface area contributed by atoms with Crippen molar-refractivity contribution in [2.75, 3.05) is 26.2 Å². The van der Waals surface area contributed by atoms with Crippen molar-refractivity contribution in [3.63, 3.8) is 0 Å². The van der Waals surface area contributed by atoms with Gasteiger partial charge in [-0.3, -0.25) is 4.79 Å². The Morgan fingerprint density at radius 1 is 1.47 bits per heavy atom. The van der Waals surface area contributed by atoms with Gasteiger partial charge >= 0.3 is 5.97 Å². The van der Waals surface area contributed by atoms with Gasteiger partial charge in [-0.25, -0.2) is 0 Å². The van der Waals surface area contributed by atoms with Crippen LogP contribution in [-0.2, 0) is 9.53 Å². The zero-order chi connectivity index (χ0) is 12.7. The number of nitrogens with two attached hydrogens (primary N) is 1. The van der Waals surface area contributed by atoms with Crippen molar-refractivity contribution in [2.24, 2.45) is 11.7 Å². The molecule has 1 fully saturated rings. The molecule has 4 heteroatoms. The lowest BCUT2D eigenvalue weighted by atomic mass is 10.0. The Kier molecular flexibility index (Phi) is 6.52. The lowest BCUT2D eigenvalue weighted by Gasteiger charge is -2.21. The molecule has 4 nitrogen and oxygen atoms in total. The minimum atomic E-state index is -0.462. The Morgan fingerprint density at radius 2 is 2.24 bits per heavy atom. The summed E-state index contributed by atoms with van der Waals surface area (Å²) in [5.41, 5.74) is 5.79. The normalized spacial score (nSPS) is 24.1. The van der Waals surface area contributed by atoms with E-state index in [1.54, 1.807) is 6.92 Å². The molecule has 0 bridgehead atoms. The van der Waals surface area contributed by atoms with Crippen molar-refractivity contribution in [3.05, 3.63) is 0 Å². The number of hydrogen-bond donors (Lipinski definition) is 1. The highest BCUT2D eigenvalue weighted by atomic mass is 16.5. The number of likely N-dealkylation sites (tertiary alicyclic amines) is 1. The maximum absolute atomic E-state index is 11.4. The molecule has 0 spiro atoms. The monoisotopic (exact) mass is 242 g/mol. The van der Waals surface area contributed by atoms with E-state index in [-0.39, 0.29) is 5.97 Å². The topological polar surface area (TPSA) is 55.6 Å². The smallest absolute Gasteiger partial charge is 0.322 e. The molecule has 1 saturated heterocycles. The van der Waals surface area contributed by atoms with Gasteiger partial charge in [0.15, 0.2) is 0 Å². The van der Waals surface area contributed by atoms with Gasteiger partial charge in [-0.2, -0.15) is 0 Å². The van der Waals surface area contributed by atoms with E-state index >= 15 is 0 Å². The number of esters is 1. The average molecular weight is 242 g/mol.